The zero-order chi connectivity index (χ0) is 16.6. The van der Waals surface area contributed by atoms with Crippen molar-refractivity contribution in [3.63, 3.8) is 0 Å². The molecule has 5 heteroatoms. The van der Waals surface area contributed by atoms with Gasteiger partial charge in [-0.2, -0.15) is 0 Å². The molecule has 1 aliphatic heterocycles. The van der Waals surface area contributed by atoms with Gasteiger partial charge in [-0.3, -0.25) is 14.5 Å². The highest BCUT2D eigenvalue weighted by Crippen LogP contribution is 2.39. The van der Waals surface area contributed by atoms with Crippen molar-refractivity contribution in [1.29, 1.82) is 0 Å². The molecule has 0 N–H and O–H groups in total. The molecule has 1 saturated heterocycles. The fourth-order valence-electron chi connectivity index (χ4n) is 3.39. The molecule has 3 rings (SSSR count). The van der Waals surface area contributed by atoms with Gasteiger partial charge in [-0.1, -0.05) is 49.6 Å². The Labute approximate surface area is 136 Å². The molecular formula is C18H22N2O3. The van der Waals surface area contributed by atoms with Gasteiger partial charge in [0, 0.05) is 12.6 Å². The second kappa shape index (κ2) is 5.80. The van der Waals surface area contributed by atoms with E-state index in [-0.39, 0.29) is 24.3 Å². The first kappa shape index (κ1) is 15.7. The van der Waals surface area contributed by atoms with Gasteiger partial charge in [-0.25, -0.2) is 4.79 Å². The molecule has 1 aromatic carbocycles. The molecule has 1 atom stereocenters. The molecule has 0 aromatic heterocycles. The molecule has 2 aliphatic rings. The highest BCUT2D eigenvalue weighted by atomic mass is 16.2. The predicted molar refractivity (Wildman–Crippen MR) is 86.0 cm³/mol. The van der Waals surface area contributed by atoms with Gasteiger partial charge in [0.05, 0.1) is 6.54 Å². The van der Waals surface area contributed by atoms with Crippen molar-refractivity contribution >= 4 is 17.7 Å². The third-order valence-electron chi connectivity index (χ3n) is 5.27. The molecule has 23 heavy (non-hydrogen) atoms. The van der Waals surface area contributed by atoms with Gasteiger partial charge in [0.2, 0.25) is 0 Å². The molecule has 0 spiro atoms. The fraction of sp³-hybridized carbons (Fsp3) is 0.500. The number of ketones is 1. The fourth-order valence-corrected chi connectivity index (χ4v) is 3.39. The van der Waals surface area contributed by atoms with E-state index in [1.165, 1.54) is 11.3 Å². The van der Waals surface area contributed by atoms with Gasteiger partial charge >= 0.3 is 6.03 Å². The normalized spacial score (nSPS) is 25.0. The lowest BCUT2D eigenvalue weighted by Gasteiger charge is -2.36. The molecule has 1 saturated carbocycles. The number of urea groups is 1. The van der Waals surface area contributed by atoms with E-state index in [0.717, 1.165) is 17.7 Å². The van der Waals surface area contributed by atoms with E-state index in [1.54, 1.807) is 31.3 Å². The summed E-state index contributed by atoms with van der Waals surface area (Å²) in [7, 11) is 1.66. The van der Waals surface area contributed by atoms with Gasteiger partial charge < -0.3 is 4.90 Å². The summed E-state index contributed by atoms with van der Waals surface area (Å²) in [6.07, 6.45) is 4.12. The third kappa shape index (κ3) is 2.64. The van der Waals surface area contributed by atoms with Crippen LogP contribution in [0.2, 0.25) is 0 Å². The average molecular weight is 314 g/mol. The minimum absolute atomic E-state index is 0.188. The van der Waals surface area contributed by atoms with Gasteiger partial charge in [0.25, 0.3) is 5.91 Å². The van der Waals surface area contributed by atoms with Gasteiger partial charge in [-0.05, 0) is 19.3 Å². The van der Waals surface area contributed by atoms with Crippen LogP contribution in [0.3, 0.4) is 0 Å². The van der Waals surface area contributed by atoms with Crippen molar-refractivity contribution in [2.45, 2.75) is 38.1 Å². The first-order valence-corrected chi connectivity index (χ1v) is 8.11. The van der Waals surface area contributed by atoms with Crippen molar-refractivity contribution in [3.8, 4) is 0 Å². The Balaban J connectivity index is 1.76. The number of carbonyl (C=O) groups excluding carboxylic acids is 3. The van der Waals surface area contributed by atoms with E-state index < -0.39 is 5.54 Å². The maximum Gasteiger partial charge on any atom is 0.327 e. The third-order valence-corrected chi connectivity index (χ3v) is 5.27. The summed E-state index contributed by atoms with van der Waals surface area (Å²) in [5, 5.41) is 0. The summed E-state index contributed by atoms with van der Waals surface area (Å²) in [6.45, 7) is 1.63. The smallest absolute Gasteiger partial charge is 0.313 e. The summed E-state index contributed by atoms with van der Waals surface area (Å²) in [5.74, 6) is 0.0405. The van der Waals surface area contributed by atoms with Crippen LogP contribution in [-0.4, -0.2) is 46.7 Å². The number of benzene rings is 1. The number of Topliss-reactive ketones (excluding diaryl/α,β-unsaturated/α-hetero) is 1. The minimum Gasteiger partial charge on any atom is -0.313 e. The Hall–Kier alpha value is -2.17. The van der Waals surface area contributed by atoms with E-state index in [2.05, 4.69) is 0 Å². The number of imide groups is 1. The van der Waals surface area contributed by atoms with Crippen LogP contribution in [0, 0.1) is 5.92 Å². The Kier molecular flexibility index (Phi) is 3.96. The second-order valence-electron chi connectivity index (χ2n) is 6.80. The zero-order valence-electron chi connectivity index (χ0n) is 13.6. The largest absolute Gasteiger partial charge is 0.327 e. The summed E-state index contributed by atoms with van der Waals surface area (Å²) in [6, 6.07) is 8.39. The van der Waals surface area contributed by atoms with Crippen molar-refractivity contribution in [3.05, 3.63) is 35.9 Å². The number of hydrogen-bond donors (Lipinski definition) is 0. The number of rotatable bonds is 5. The van der Waals surface area contributed by atoms with Crippen LogP contribution in [0.15, 0.2) is 30.3 Å². The summed E-state index contributed by atoms with van der Waals surface area (Å²) < 4.78 is 0. The van der Waals surface area contributed by atoms with Crippen molar-refractivity contribution in [2.75, 3.05) is 13.6 Å². The zero-order valence-corrected chi connectivity index (χ0v) is 13.6. The number of carbonyl (C=O) groups is 3. The van der Waals surface area contributed by atoms with Gasteiger partial charge in [0.15, 0.2) is 5.78 Å². The molecule has 2 fully saturated rings. The number of amides is 3. The quantitative estimate of drug-likeness (QED) is 0.620. The minimum atomic E-state index is -0.820. The van der Waals surface area contributed by atoms with E-state index in [4.69, 9.17) is 0 Å². The SMILES string of the molecule is CN1C(=O)N(CC(=O)c2ccccc2)C(=O)C1(C)CC1CCC1. The van der Waals surface area contributed by atoms with E-state index in [0.29, 0.717) is 17.9 Å². The molecule has 122 valence electrons. The molecule has 5 nitrogen and oxygen atoms in total. The molecule has 1 unspecified atom stereocenters. The van der Waals surface area contributed by atoms with Crippen molar-refractivity contribution in [2.24, 2.45) is 5.92 Å². The van der Waals surface area contributed by atoms with E-state index in [1.807, 2.05) is 13.0 Å². The van der Waals surface area contributed by atoms with Crippen molar-refractivity contribution < 1.29 is 14.4 Å². The highest BCUT2D eigenvalue weighted by molar-refractivity contribution is 6.10. The Morgan fingerprint density at radius 3 is 2.43 bits per heavy atom. The van der Waals surface area contributed by atoms with Crippen LogP contribution in [0.5, 0.6) is 0 Å². The lowest BCUT2D eigenvalue weighted by molar-refractivity contribution is -0.133. The molecule has 1 aliphatic carbocycles. The van der Waals surface area contributed by atoms with Crippen LogP contribution >= 0.6 is 0 Å². The lowest BCUT2D eigenvalue weighted by atomic mass is 9.76. The second-order valence-corrected chi connectivity index (χ2v) is 6.80. The van der Waals surface area contributed by atoms with Crippen LogP contribution in [0.4, 0.5) is 4.79 Å². The Morgan fingerprint density at radius 2 is 1.87 bits per heavy atom. The van der Waals surface area contributed by atoms with E-state index in [9.17, 15) is 14.4 Å². The molecular weight excluding hydrogens is 292 g/mol. The summed E-state index contributed by atoms with van der Waals surface area (Å²) in [4.78, 5) is 40.2. The Bertz CT molecular complexity index is 639. The number of nitrogens with zero attached hydrogens (tertiary/aromatic N) is 2. The highest BCUT2D eigenvalue weighted by Gasteiger charge is 2.53. The molecule has 3 amide bonds. The number of hydrogen-bond acceptors (Lipinski definition) is 3. The van der Waals surface area contributed by atoms with Crippen LogP contribution in [0.1, 0.15) is 43.0 Å². The maximum absolute atomic E-state index is 12.8. The first-order chi connectivity index (χ1) is 10.9. The molecule has 1 heterocycles. The molecule has 0 radical (unpaired) electrons. The first-order valence-electron chi connectivity index (χ1n) is 8.11. The summed E-state index contributed by atoms with van der Waals surface area (Å²) in [5.41, 5.74) is -0.303. The maximum atomic E-state index is 12.8. The van der Waals surface area contributed by atoms with Crippen molar-refractivity contribution in [1.82, 2.24) is 9.80 Å². The summed E-state index contributed by atoms with van der Waals surface area (Å²) >= 11 is 0. The van der Waals surface area contributed by atoms with Gasteiger partial charge in [-0.15, -0.1) is 0 Å². The Morgan fingerprint density at radius 1 is 1.22 bits per heavy atom. The predicted octanol–water partition coefficient (Wildman–Crippen LogP) is 2.71. The molecule has 1 aromatic rings. The lowest BCUT2D eigenvalue weighted by Crippen LogP contribution is -2.47. The average Bonchev–Trinajstić information content (AvgIpc) is 2.68. The monoisotopic (exact) mass is 314 g/mol. The van der Waals surface area contributed by atoms with Crippen LogP contribution in [0.25, 0.3) is 0 Å². The van der Waals surface area contributed by atoms with Crippen LogP contribution in [-0.2, 0) is 4.79 Å². The topological polar surface area (TPSA) is 57.7 Å². The van der Waals surface area contributed by atoms with E-state index >= 15 is 0 Å². The standard InChI is InChI=1S/C18H22N2O3/c1-18(11-13-7-6-8-13)16(22)20(17(23)19(18)2)12-15(21)14-9-4-3-5-10-14/h3-5,9-10,13H,6-8,11-12H2,1-2H3. The van der Waals surface area contributed by atoms with Crippen LogP contribution < -0.4 is 0 Å². The van der Waals surface area contributed by atoms with Gasteiger partial charge in [0.1, 0.15) is 5.54 Å². The molecule has 0 bridgehead atoms. The number of likely N-dealkylation sites (N-methyl/N-ethyl adjacent to an activating group) is 1.